The summed E-state index contributed by atoms with van der Waals surface area (Å²) in [5.41, 5.74) is 2.09. The molecule has 0 amide bonds. The molecule has 0 bridgehead atoms. The number of H-pyrrole nitrogens is 1. The van der Waals surface area contributed by atoms with E-state index in [1.165, 1.54) is 0 Å². The van der Waals surface area contributed by atoms with E-state index < -0.39 is 0 Å². The van der Waals surface area contributed by atoms with Gasteiger partial charge < -0.3 is 0 Å². The highest BCUT2D eigenvalue weighted by atomic mass is 79.9. The average Bonchev–Trinajstić information content (AvgIpc) is 2.56. The van der Waals surface area contributed by atoms with Crippen molar-refractivity contribution in [2.45, 2.75) is 0 Å². The lowest BCUT2D eigenvalue weighted by Crippen LogP contribution is -1.76. The van der Waals surface area contributed by atoms with Gasteiger partial charge in [-0.15, -0.1) is 0 Å². The summed E-state index contributed by atoms with van der Waals surface area (Å²) in [6.07, 6.45) is 1.82. The van der Waals surface area contributed by atoms with Crippen LogP contribution in [-0.4, -0.2) is 10.2 Å². The Balaban J connectivity index is 2.48. The molecule has 0 aliphatic heterocycles. The van der Waals surface area contributed by atoms with Crippen molar-refractivity contribution in [2.75, 3.05) is 0 Å². The van der Waals surface area contributed by atoms with Gasteiger partial charge in [0.1, 0.15) is 0 Å². The van der Waals surface area contributed by atoms with E-state index in [-0.39, 0.29) is 0 Å². The van der Waals surface area contributed by atoms with Gasteiger partial charge in [0.2, 0.25) is 0 Å². The minimum atomic E-state index is 0.969. The van der Waals surface area contributed by atoms with E-state index in [0.717, 1.165) is 15.7 Å². The van der Waals surface area contributed by atoms with Crippen LogP contribution in [0.15, 0.2) is 41.0 Å². The Kier molecular flexibility index (Phi) is 1.96. The fraction of sp³-hybridized carbons (Fsp3) is 0. The fourth-order valence-electron chi connectivity index (χ4n) is 1.07. The minimum absolute atomic E-state index is 0.969. The van der Waals surface area contributed by atoms with Gasteiger partial charge in [0.15, 0.2) is 0 Å². The van der Waals surface area contributed by atoms with Crippen molar-refractivity contribution in [1.82, 2.24) is 10.2 Å². The standard InChI is InChI=1S/C9H7BrN2/c10-8-3-1-2-7(6-8)9-4-5-11-12-9/h1-6H,(H,11,12). The summed E-state index contributed by atoms with van der Waals surface area (Å²) in [5, 5.41) is 6.86. The predicted molar refractivity (Wildman–Crippen MR) is 51.7 cm³/mol. The smallest absolute Gasteiger partial charge is 0.0920 e. The van der Waals surface area contributed by atoms with E-state index >= 15 is 0 Å². The topological polar surface area (TPSA) is 28.7 Å². The molecule has 2 rings (SSSR count). The van der Waals surface area contributed by atoms with Crippen molar-refractivity contribution in [3.05, 3.63) is 41.0 Å². The molecule has 60 valence electrons. The zero-order chi connectivity index (χ0) is 8.39. The molecule has 2 aromatic rings. The molecule has 0 saturated carbocycles. The molecule has 1 aromatic heterocycles. The summed E-state index contributed by atoms with van der Waals surface area (Å²) in [6.45, 7) is 0. The van der Waals surface area contributed by atoms with Crippen molar-refractivity contribution >= 4 is 15.9 Å². The van der Waals surface area contributed by atoms with Crippen LogP contribution in [0.1, 0.15) is 0 Å². The van der Waals surface area contributed by atoms with E-state index in [9.17, 15) is 0 Å². The Bertz CT molecular complexity index is 368. The van der Waals surface area contributed by atoms with Gasteiger partial charge in [-0.2, -0.15) is 5.10 Å². The van der Waals surface area contributed by atoms with E-state index in [1.54, 1.807) is 0 Å². The van der Waals surface area contributed by atoms with Crippen molar-refractivity contribution in [3.63, 3.8) is 0 Å². The molecule has 0 spiro atoms. The SMILES string of the molecule is Brc1cccc(-c2cc[nH]n2)c1. The molecule has 1 N–H and O–H groups in total. The third kappa shape index (κ3) is 1.41. The van der Waals surface area contributed by atoms with Gasteiger partial charge in [0, 0.05) is 16.2 Å². The lowest BCUT2D eigenvalue weighted by atomic mass is 10.2. The normalized spacial score (nSPS) is 10.1. The number of nitrogens with one attached hydrogen (secondary N) is 1. The maximum atomic E-state index is 4.08. The first-order valence-corrected chi connectivity index (χ1v) is 4.41. The van der Waals surface area contributed by atoms with Gasteiger partial charge in [-0.1, -0.05) is 28.1 Å². The number of aromatic nitrogens is 2. The molecule has 0 saturated heterocycles. The summed E-state index contributed by atoms with van der Waals surface area (Å²) < 4.78 is 1.07. The second-order valence-corrected chi connectivity index (χ2v) is 3.39. The van der Waals surface area contributed by atoms with Crippen molar-refractivity contribution in [1.29, 1.82) is 0 Å². The van der Waals surface area contributed by atoms with Crippen LogP contribution in [0.4, 0.5) is 0 Å². The Morgan fingerprint density at radius 1 is 1.25 bits per heavy atom. The van der Waals surface area contributed by atoms with Crippen LogP contribution in [0.3, 0.4) is 0 Å². The molecule has 3 heteroatoms. The van der Waals surface area contributed by atoms with Crippen molar-refractivity contribution in [3.8, 4) is 11.3 Å². The molecule has 0 aliphatic carbocycles. The van der Waals surface area contributed by atoms with Gasteiger partial charge in [-0.25, -0.2) is 0 Å². The first kappa shape index (κ1) is 7.55. The Labute approximate surface area is 78.8 Å². The Morgan fingerprint density at radius 2 is 2.17 bits per heavy atom. The number of benzene rings is 1. The highest BCUT2D eigenvalue weighted by Gasteiger charge is 1.98. The van der Waals surface area contributed by atoms with Crippen LogP contribution >= 0.6 is 15.9 Å². The summed E-state index contributed by atoms with van der Waals surface area (Å²) in [7, 11) is 0. The van der Waals surface area contributed by atoms with Crippen LogP contribution in [0, 0.1) is 0 Å². The van der Waals surface area contributed by atoms with Gasteiger partial charge in [-0.3, -0.25) is 5.10 Å². The molecule has 0 fully saturated rings. The van der Waals surface area contributed by atoms with E-state index in [0.29, 0.717) is 0 Å². The number of rotatable bonds is 1. The fourth-order valence-corrected chi connectivity index (χ4v) is 1.47. The van der Waals surface area contributed by atoms with Gasteiger partial charge in [0.05, 0.1) is 5.69 Å². The van der Waals surface area contributed by atoms with E-state index in [2.05, 4.69) is 26.1 Å². The molecule has 0 aliphatic rings. The maximum Gasteiger partial charge on any atom is 0.0920 e. The van der Waals surface area contributed by atoms with Crippen LogP contribution in [-0.2, 0) is 0 Å². The third-order valence-corrected chi connectivity index (χ3v) is 2.11. The van der Waals surface area contributed by atoms with Crippen LogP contribution < -0.4 is 0 Å². The maximum absolute atomic E-state index is 4.08. The van der Waals surface area contributed by atoms with Crippen molar-refractivity contribution in [2.24, 2.45) is 0 Å². The third-order valence-electron chi connectivity index (χ3n) is 1.62. The molecule has 1 heterocycles. The molecule has 12 heavy (non-hydrogen) atoms. The molecule has 2 nitrogen and oxygen atoms in total. The highest BCUT2D eigenvalue weighted by molar-refractivity contribution is 9.10. The molecule has 0 atom stereocenters. The molecule has 1 aromatic carbocycles. The monoisotopic (exact) mass is 222 g/mol. The number of hydrogen-bond acceptors (Lipinski definition) is 1. The summed E-state index contributed by atoms with van der Waals surface area (Å²) >= 11 is 3.41. The zero-order valence-electron chi connectivity index (χ0n) is 6.29. The Morgan fingerprint density at radius 3 is 2.83 bits per heavy atom. The van der Waals surface area contributed by atoms with Crippen LogP contribution in [0.2, 0.25) is 0 Å². The van der Waals surface area contributed by atoms with Crippen LogP contribution in [0.25, 0.3) is 11.3 Å². The predicted octanol–water partition coefficient (Wildman–Crippen LogP) is 2.84. The number of halogens is 1. The second-order valence-electron chi connectivity index (χ2n) is 2.47. The molecular weight excluding hydrogens is 216 g/mol. The van der Waals surface area contributed by atoms with Gasteiger partial charge >= 0.3 is 0 Å². The number of hydrogen-bond donors (Lipinski definition) is 1. The lowest BCUT2D eigenvalue weighted by Gasteiger charge is -1.95. The first-order valence-electron chi connectivity index (χ1n) is 3.62. The number of aromatic amines is 1. The summed E-state index contributed by atoms with van der Waals surface area (Å²) in [4.78, 5) is 0. The average molecular weight is 223 g/mol. The summed E-state index contributed by atoms with van der Waals surface area (Å²) in [6, 6.07) is 10.0. The van der Waals surface area contributed by atoms with Crippen molar-refractivity contribution < 1.29 is 0 Å². The highest BCUT2D eigenvalue weighted by Crippen LogP contribution is 2.20. The lowest BCUT2D eigenvalue weighted by molar-refractivity contribution is 1.10. The first-order chi connectivity index (χ1) is 5.86. The minimum Gasteiger partial charge on any atom is -0.285 e. The molecule has 0 radical (unpaired) electrons. The second kappa shape index (κ2) is 3.11. The quantitative estimate of drug-likeness (QED) is 0.791. The van der Waals surface area contributed by atoms with Gasteiger partial charge in [0.25, 0.3) is 0 Å². The van der Waals surface area contributed by atoms with Gasteiger partial charge in [-0.05, 0) is 18.2 Å². The summed E-state index contributed by atoms with van der Waals surface area (Å²) in [5.74, 6) is 0. The van der Waals surface area contributed by atoms with E-state index in [1.807, 2.05) is 36.5 Å². The largest absolute Gasteiger partial charge is 0.285 e. The van der Waals surface area contributed by atoms with E-state index in [4.69, 9.17) is 0 Å². The molecular formula is C9H7BrN2. The molecule has 0 unspecified atom stereocenters. The zero-order valence-corrected chi connectivity index (χ0v) is 7.88. The number of nitrogens with zero attached hydrogens (tertiary/aromatic N) is 1. The van der Waals surface area contributed by atoms with Crippen LogP contribution in [0.5, 0.6) is 0 Å². The Hall–Kier alpha value is -1.09.